The zero-order valence-corrected chi connectivity index (χ0v) is 12.3. The van der Waals surface area contributed by atoms with Crippen LogP contribution in [-0.4, -0.2) is 4.92 Å². The van der Waals surface area contributed by atoms with E-state index in [4.69, 9.17) is 11.6 Å². The minimum absolute atomic E-state index is 0.0616. The molecule has 0 saturated heterocycles. The van der Waals surface area contributed by atoms with Gasteiger partial charge in [-0.15, -0.1) is 0 Å². The molecule has 0 radical (unpaired) electrons. The molecule has 0 bridgehead atoms. The predicted molar refractivity (Wildman–Crippen MR) is 81.3 cm³/mol. The summed E-state index contributed by atoms with van der Waals surface area (Å²) in [4.78, 5) is 10.6. The molecule has 0 fully saturated rings. The summed E-state index contributed by atoms with van der Waals surface area (Å²) >= 11 is 6.00. The number of hydrogen-bond acceptors (Lipinski definition) is 3. The van der Waals surface area contributed by atoms with Crippen molar-refractivity contribution in [2.75, 3.05) is 5.32 Å². The third-order valence-corrected chi connectivity index (χ3v) is 3.56. The van der Waals surface area contributed by atoms with Gasteiger partial charge in [0.05, 0.1) is 15.6 Å². The van der Waals surface area contributed by atoms with E-state index in [9.17, 15) is 14.5 Å². The topological polar surface area (TPSA) is 55.2 Å². The fourth-order valence-corrected chi connectivity index (χ4v) is 2.19. The second-order valence-electron chi connectivity index (χ2n) is 4.79. The Labute approximate surface area is 126 Å². The SMILES string of the molecule is Cc1ccc(C(C)Nc2cc(F)ccc2Cl)cc1[N+](=O)[O-]. The molecule has 2 aromatic carbocycles. The molecule has 0 aromatic heterocycles. The maximum atomic E-state index is 13.2. The Balaban J connectivity index is 2.28. The van der Waals surface area contributed by atoms with Gasteiger partial charge in [0.25, 0.3) is 5.69 Å². The minimum Gasteiger partial charge on any atom is -0.377 e. The van der Waals surface area contributed by atoms with Crippen molar-refractivity contribution in [2.24, 2.45) is 0 Å². The molecule has 1 unspecified atom stereocenters. The van der Waals surface area contributed by atoms with Crippen molar-refractivity contribution < 1.29 is 9.31 Å². The Kier molecular flexibility index (Phi) is 4.43. The van der Waals surface area contributed by atoms with Crippen molar-refractivity contribution in [1.82, 2.24) is 0 Å². The lowest BCUT2D eigenvalue weighted by Gasteiger charge is -2.17. The van der Waals surface area contributed by atoms with E-state index in [-0.39, 0.29) is 11.7 Å². The van der Waals surface area contributed by atoms with Crippen LogP contribution in [-0.2, 0) is 0 Å². The Hall–Kier alpha value is -2.14. The first-order chi connectivity index (χ1) is 9.88. The Morgan fingerprint density at radius 2 is 2.00 bits per heavy atom. The van der Waals surface area contributed by atoms with Crippen LogP contribution in [0.4, 0.5) is 15.8 Å². The van der Waals surface area contributed by atoms with Crippen LogP contribution in [0.3, 0.4) is 0 Å². The van der Waals surface area contributed by atoms with Gasteiger partial charge in [0.1, 0.15) is 5.82 Å². The van der Waals surface area contributed by atoms with Gasteiger partial charge in [-0.1, -0.05) is 23.7 Å². The molecule has 0 heterocycles. The lowest BCUT2D eigenvalue weighted by molar-refractivity contribution is -0.385. The molecular weight excluding hydrogens is 295 g/mol. The quantitative estimate of drug-likeness (QED) is 0.647. The number of nitro groups is 1. The number of anilines is 1. The number of halogens is 2. The molecule has 0 spiro atoms. The zero-order chi connectivity index (χ0) is 15.6. The van der Waals surface area contributed by atoms with E-state index in [1.165, 1.54) is 24.3 Å². The van der Waals surface area contributed by atoms with E-state index in [1.807, 2.05) is 6.92 Å². The second-order valence-corrected chi connectivity index (χ2v) is 5.20. The normalized spacial score (nSPS) is 12.0. The highest BCUT2D eigenvalue weighted by Crippen LogP contribution is 2.29. The summed E-state index contributed by atoms with van der Waals surface area (Å²) in [7, 11) is 0. The maximum absolute atomic E-state index is 13.2. The molecule has 2 aromatic rings. The van der Waals surface area contributed by atoms with Crippen molar-refractivity contribution in [3.05, 3.63) is 68.5 Å². The summed E-state index contributed by atoms with van der Waals surface area (Å²) < 4.78 is 13.2. The van der Waals surface area contributed by atoms with Crippen LogP contribution in [0.2, 0.25) is 5.02 Å². The maximum Gasteiger partial charge on any atom is 0.272 e. The first kappa shape index (κ1) is 15.3. The highest BCUT2D eigenvalue weighted by molar-refractivity contribution is 6.33. The predicted octanol–water partition coefficient (Wildman–Crippen LogP) is 4.87. The van der Waals surface area contributed by atoms with E-state index >= 15 is 0 Å². The molecule has 0 aliphatic rings. The van der Waals surface area contributed by atoms with Crippen molar-refractivity contribution in [3.8, 4) is 0 Å². The molecule has 0 amide bonds. The third-order valence-electron chi connectivity index (χ3n) is 3.23. The number of rotatable bonds is 4. The second kappa shape index (κ2) is 6.10. The van der Waals surface area contributed by atoms with E-state index in [2.05, 4.69) is 5.32 Å². The average Bonchev–Trinajstić information content (AvgIpc) is 2.43. The van der Waals surface area contributed by atoms with Crippen LogP contribution in [0.1, 0.15) is 24.1 Å². The van der Waals surface area contributed by atoms with Gasteiger partial charge >= 0.3 is 0 Å². The highest BCUT2D eigenvalue weighted by atomic mass is 35.5. The Morgan fingerprint density at radius 1 is 1.29 bits per heavy atom. The monoisotopic (exact) mass is 308 g/mol. The number of hydrogen-bond donors (Lipinski definition) is 1. The van der Waals surface area contributed by atoms with Crippen molar-refractivity contribution >= 4 is 23.0 Å². The fraction of sp³-hybridized carbons (Fsp3) is 0.200. The smallest absolute Gasteiger partial charge is 0.272 e. The molecule has 1 atom stereocenters. The molecule has 6 heteroatoms. The van der Waals surface area contributed by atoms with Crippen LogP contribution in [0.25, 0.3) is 0 Å². The van der Waals surface area contributed by atoms with Gasteiger partial charge in [-0.05, 0) is 37.6 Å². The van der Waals surface area contributed by atoms with Crippen LogP contribution in [0.5, 0.6) is 0 Å². The molecule has 0 aliphatic heterocycles. The van der Waals surface area contributed by atoms with Gasteiger partial charge < -0.3 is 5.32 Å². The van der Waals surface area contributed by atoms with Gasteiger partial charge in [0.15, 0.2) is 0 Å². The molecular formula is C15H14ClFN2O2. The Bertz CT molecular complexity index is 691. The molecule has 0 aliphatic carbocycles. The molecule has 1 N–H and O–H groups in total. The average molecular weight is 309 g/mol. The number of benzene rings is 2. The summed E-state index contributed by atoms with van der Waals surface area (Å²) in [5, 5.41) is 14.4. The third kappa shape index (κ3) is 3.49. The molecule has 21 heavy (non-hydrogen) atoms. The summed E-state index contributed by atoms with van der Waals surface area (Å²) in [6, 6.07) is 8.79. The summed E-state index contributed by atoms with van der Waals surface area (Å²) in [5.41, 5.74) is 1.84. The van der Waals surface area contributed by atoms with Gasteiger partial charge in [-0.3, -0.25) is 10.1 Å². The van der Waals surface area contributed by atoms with Crippen molar-refractivity contribution in [2.45, 2.75) is 19.9 Å². The van der Waals surface area contributed by atoms with Crippen LogP contribution in [0.15, 0.2) is 36.4 Å². The standard InChI is InChI=1S/C15H14ClFN2O2/c1-9-3-4-11(7-15(9)19(20)21)10(2)18-14-8-12(17)5-6-13(14)16/h3-8,10,18H,1-2H3. The van der Waals surface area contributed by atoms with Crippen LogP contribution in [0, 0.1) is 22.9 Å². The number of aryl methyl sites for hydroxylation is 1. The van der Waals surface area contributed by atoms with E-state index in [0.717, 1.165) is 5.56 Å². The van der Waals surface area contributed by atoms with Crippen LogP contribution < -0.4 is 5.32 Å². The number of nitrogens with zero attached hydrogens (tertiary/aromatic N) is 1. The lowest BCUT2D eigenvalue weighted by Crippen LogP contribution is -2.08. The van der Waals surface area contributed by atoms with E-state index in [1.54, 1.807) is 19.1 Å². The van der Waals surface area contributed by atoms with Crippen molar-refractivity contribution in [3.63, 3.8) is 0 Å². The molecule has 110 valence electrons. The van der Waals surface area contributed by atoms with Crippen LogP contribution >= 0.6 is 11.6 Å². The first-order valence-electron chi connectivity index (χ1n) is 6.35. The first-order valence-corrected chi connectivity index (χ1v) is 6.73. The van der Waals surface area contributed by atoms with E-state index < -0.39 is 10.7 Å². The van der Waals surface area contributed by atoms with Gasteiger partial charge in [0, 0.05) is 17.7 Å². The summed E-state index contributed by atoms with van der Waals surface area (Å²) in [6.45, 7) is 3.51. The zero-order valence-electron chi connectivity index (χ0n) is 11.6. The largest absolute Gasteiger partial charge is 0.377 e. The van der Waals surface area contributed by atoms with Gasteiger partial charge in [-0.2, -0.15) is 0 Å². The number of nitro benzene ring substituents is 1. The molecule has 2 rings (SSSR count). The molecule has 4 nitrogen and oxygen atoms in total. The van der Waals surface area contributed by atoms with Crippen molar-refractivity contribution in [1.29, 1.82) is 0 Å². The fourth-order valence-electron chi connectivity index (χ4n) is 2.02. The highest BCUT2D eigenvalue weighted by Gasteiger charge is 2.15. The van der Waals surface area contributed by atoms with Gasteiger partial charge in [0.2, 0.25) is 0 Å². The number of nitrogens with one attached hydrogen (secondary N) is 1. The minimum atomic E-state index is -0.416. The summed E-state index contributed by atoms with van der Waals surface area (Å²) in [6.07, 6.45) is 0. The molecule has 0 saturated carbocycles. The lowest BCUT2D eigenvalue weighted by atomic mass is 10.0. The van der Waals surface area contributed by atoms with E-state index in [0.29, 0.717) is 16.3 Å². The Morgan fingerprint density at radius 3 is 2.67 bits per heavy atom. The summed E-state index contributed by atoms with van der Waals surface area (Å²) in [5.74, 6) is -0.399. The van der Waals surface area contributed by atoms with Gasteiger partial charge in [-0.25, -0.2) is 4.39 Å².